The van der Waals surface area contributed by atoms with Crippen LogP contribution in [0.15, 0.2) is 155 Å². The Bertz CT molecular complexity index is 2370. The Labute approximate surface area is 336 Å². The van der Waals surface area contributed by atoms with E-state index in [-0.39, 0.29) is 34.8 Å². The van der Waals surface area contributed by atoms with E-state index in [1.165, 1.54) is 36.5 Å². The van der Waals surface area contributed by atoms with Crippen LogP contribution in [-0.4, -0.2) is 59.2 Å². The number of amides is 1. The van der Waals surface area contributed by atoms with Crippen molar-refractivity contribution in [3.05, 3.63) is 156 Å². The molecule has 6 aromatic rings. The van der Waals surface area contributed by atoms with Crippen LogP contribution in [0.4, 0.5) is 5.82 Å². The number of carboxylic acids is 1. The first kappa shape index (κ1) is 40.9. The minimum atomic E-state index is -4.42. The van der Waals surface area contributed by atoms with Crippen molar-refractivity contribution in [1.82, 2.24) is 15.3 Å². The lowest BCUT2D eigenvalue weighted by atomic mass is 10.0. The van der Waals surface area contributed by atoms with Gasteiger partial charge in [0.2, 0.25) is 5.88 Å². The largest absolute Gasteiger partial charge is 0.494 e. The second kappa shape index (κ2) is 19.9. The van der Waals surface area contributed by atoms with Gasteiger partial charge in [0.05, 0.1) is 35.9 Å². The fourth-order valence-corrected chi connectivity index (χ4v) is 6.64. The minimum Gasteiger partial charge on any atom is -0.494 e. The van der Waals surface area contributed by atoms with Gasteiger partial charge in [-0.25, -0.2) is 14.8 Å². The lowest BCUT2D eigenvalue weighted by Gasteiger charge is -2.15. The molecule has 0 fully saturated rings. The van der Waals surface area contributed by atoms with Crippen molar-refractivity contribution in [2.75, 3.05) is 13.2 Å². The molecule has 58 heavy (non-hydrogen) atoms. The van der Waals surface area contributed by atoms with Crippen LogP contribution in [0.1, 0.15) is 40.7 Å². The molecule has 1 amide bonds. The zero-order chi connectivity index (χ0) is 40.7. The highest BCUT2D eigenvalue weighted by Gasteiger charge is 2.22. The summed E-state index contributed by atoms with van der Waals surface area (Å²) >= 11 is 0. The van der Waals surface area contributed by atoms with Crippen molar-refractivity contribution in [2.45, 2.75) is 43.2 Å². The molecular formula is C44H41N5O8S. The number of ether oxygens (including phenoxy) is 2. The van der Waals surface area contributed by atoms with E-state index in [4.69, 9.17) is 14.5 Å². The number of carboxylic acid groups (broad SMARTS) is 1. The molecule has 0 aliphatic carbocycles. The highest BCUT2D eigenvalue weighted by Crippen LogP contribution is 2.29. The van der Waals surface area contributed by atoms with Crippen molar-refractivity contribution in [1.29, 1.82) is 0 Å². The molecule has 1 atom stereocenters. The van der Waals surface area contributed by atoms with Crippen molar-refractivity contribution < 1.29 is 37.1 Å². The molecule has 3 N–H and O–H groups in total. The van der Waals surface area contributed by atoms with E-state index < -0.39 is 28.0 Å². The van der Waals surface area contributed by atoms with Crippen LogP contribution in [0, 0.1) is 0 Å². The summed E-state index contributed by atoms with van der Waals surface area (Å²) < 4.78 is 44.5. The third-order valence-electron chi connectivity index (χ3n) is 8.93. The van der Waals surface area contributed by atoms with E-state index in [0.29, 0.717) is 30.4 Å². The Morgan fingerprint density at radius 1 is 0.741 bits per heavy atom. The van der Waals surface area contributed by atoms with Gasteiger partial charge < -0.3 is 19.9 Å². The third-order valence-corrected chi connectivity index (χ3v) is 9.88. The Hall–Kier alpha value is -6.77. The van der Waals surface area contributed by atoms with Crippen molar-refractivity contribution >= 4 is 27.8 Å². The first-order valence-corrected chi connectivity index (χ1v) is 20.0. The molecule has 4 aromatic carbocycles. The zero-order valence-corrected chi connectivity index (χ0v) is 32.2. The van der Waals surface area contributed by atoms with E-state index >= 15 is 0 Å². The second-order valence-corrected chi connectivity index (χ2v) is 14.6. The Kier molecular flexibility index (Phi) is 14.0. The minimum absolute atomic E-state index is 0.0437. The number of rotatable bonds is 19. The highest BCUT2D eigenvalue weighted by molar-refractivity contribution is 7.85. The summed E-state index contributed by atoms with van der Waals surface area (Å²) in [4.78, 5) is 33.5. The molecule has 2 aromatic heterocycles. The Morgan fingerprint density at radius 2 is 1.41 bits per heavy atom. The van der Waals surface area contributed by atoms with Gasteiger partial charge in [-0.2, -0.15) is 13.5 Å². The van der Waals surface area contributed by atoms with Gasteiger partial charge in [0.25, 0.3) is 16.0 Å². The SMILES string of the molecule is O=C(NC(Cc1ccc(OCCCCCOc2cc(-c3ccccc3)cc(-c3ccccc3)n2)cc1)C(=O)O)c1ccc(N=NCc2ccccc2S(=O)(=O)O)nc1. The number of nitrogens with zero attached hydrogens (tertiary/aromatic N) is 4. The maximum absolute atomic E-state index is 12.9. The number of aliphatic carboxylic acids is 1. The van der Waals surface area contributed by atoms with E-state index in [9.17, 15) is 27.7 Å². The topological polar surface area (TPSA) is 190 Å². The highest BCUT2D eigenvalue weighted by atomic mass is 32.2. The fraction of sp³-hybridized carbons (Fsp3) is 0.182. The molecule has 1 unspecified atom stereocenters. The number of hydrogen-bond acceptors (Lipinski definition) is 10. The maximum Gasteiger partial charge on any atom is 0.326 e. The number of hydrogen-bond donors (Lipinski definition) is 3. The van der Waals surface area contributed by atoms with Crippen molar-refractivity contribution in [2.24, 2.45) is 10.2 Å². The number of azo groups is 1. The first-order valence-electron chi connectivity index (χ1n) is 18.5. The monoisotopic (exact) mass is 799 g/mol. The van der Waals surface area contributed by atoms with Crippen LogP contribution in [0.2, 0.25) is 0 Å². The molecule has 6 rings (SSSR count). The Balaban J connectivity index is 0.925. The standard InChI is InChI=1S/C44H41N5O8S/c50-43(35-20-23-41(45-29-35)49-46-30-34-16-8-9-17-40(34)58(53,54)55)48-39(44(51)52)26-31-18-21-37(22-19-31)56-24-10-3-11-25-57-42-28-36(32-12-4-1-5-13-32)27-38(47-42)33-14-6-2-7-15-33/h1-2,4-9,12-23,27-29,39H,3,10-11,24-26,30H2,(H,48,50)(H,51,52)(H,53,54,55). The predicted molar refractivity (Wildman–Crippen MR) is 218 cm³/mol. The lowest BCUT2D eigenvalue weighted by molar-refractivity contribution is -0.139. The normalized spacial score (nSPS) is 11.9. The molecule has 13 nitrogen and oxygen atoms in total. The van der Waals surface area contributed by atoms with Gasteiger partial charge in [-0.3, -0.25) is 9.35 Å². The number of carbonyl (C=O) groups excluding carboxylic acids is 1. The molecule has 14 heteroatoms. The smallest absolute Gasteiger partial charge is 0.326 e. The van der Waals surface area contributed by atoms with E-state index in [2.05, 4.69) is 38.7 Å². The summed E-state index contributed by atoms with van der Waals surface area (Å²) in [7, 11) is -4.42. The Morgan fingerprint density at radius 3 is 2.09 bits per heavy atom. The number of benzene rings is 4. The van der Waals surface area contributed by atoms with Crippen LogP contribution in [-0.2, 0) is 27.9 Å². The maximum atomic E-state index is 12.9. The average Bonchev–Trinajstić information content (AvgIpc) is 3.24. The van der Waals surface area contributed by atoms with Gasteiger partial charge in [-0.05, 0) is 77.9 Å². The molecule has 0 bridgehead atoms. The molecule has 0 saturated heterocycles. The summed E-state index contributed by atoms with van der Waals surface area (Å²) in [5, 5.41) is 20.2. The van der Waals surface area contributed by atoms with Gasteiger partial charge in [0.1, 0.15) is 11.8 Å². The average molecular weight is 800 g/mol. The predicted octanol–water partition coefficient (Wildman–Crippen LogP) is 8.40. The number of unbranched alkanes of at least 4 members (excludes halogenated alkanes) is 2. The molecular weight excluding hydrogens is 759 g/mol. The summed E-state index contributed by atoms with van der Waals surface area (Å²) in [6.07, 6.45) is 3.80. The lowest BCUT2D eigenvalue weighted by Crippen LogP contribution is -2.42. The summed E-state index contributed by atoms with van der Waals surface area (Å²) in [5.74, 6) is -0.460. The van der Waals surface area contributed by atoms with Crippen LogP contribution in [0.25, 0.3) is 22.4 Å². The quantitative estimate of drug-likeness (QED) is 0.0408. The molecule has 0 aliphatic heterocycles. The number of pyridine rings is 2. The second-order valence-electron chi connectivity index (χ2n) is 13.2. The van der Waals surface area contributed by atoms with Gasteiger partial charge in [0.15, 0.2) is 5.82 Å². The summed E-state index contributed by atoms with van der Waals surface area (Å²) in [6.45, 7) is 0.886. The molecule has 2 heterocycles. The molecule has 0 spiro atoms. The molecule has 0 saturated carbocycles. The number of aromatic nitrogens is 2. The van der Waals surface area contributed by atoms with Gasteiger partial charge >= 0.3 is 5.97 Å². The van der Waals surface area contributed by atoms with Crippen LogP contribution < -0.4 is 14.8 Å². The molecule has 296 valence electrons. The van der Waals surface area contributed by atoms with E-state index in [1.807, 2.05) is 54.6 Å². The molecule has 0 aliphatic rings. The number of carbonyl (C=O) groups is 2. The van der Waals surface area contributed by atoms with Crippen LogP contribution >= 0.6 is 0 Å². The van der Waals surface area contributed by atoms with E-state index in [1.54, 1.807) is 30.3 Å². The van der Waals surface area contributed by atoms with Gasteiger partial charge in [0, 0.05) is 24.2 Å². The molecule has 0 radical (unpaired) electrons. The first-order chi connectivity index (χ1) is 28.1. The zero-order valence-electron chi connectivity index (χ0n) is 31.3. The van der Waals surface area contributed by atoms with Crippen molar-refractivity contribution in [3.8, 4) is 34.0 Å². The third kappa shape index (κ3) is 11.9. The summed E-state index contributed by atoms with van der Waals surface area (Å²) in [5.41, 5.74) is 5.06. The van der Waals surface area contributed by atoms with Crippen LogP contribution in [0.3, 0.4) is 0 Å². The van der Waals surface area contributed by atoms with Crippen LogP contribution in [0.5, 0.6) is 11.6 Å². The van der Waals surface area contributed by atoms with Crippen molar-refractivity contribution in [3.63, 3.8) is 0 Å². The fourth-order valence-electron chi connectivity index (χ4n) is 5.93. The van der Waals surface area contributed by atoms with Gasteiger partial charge in [-0.15, -0.1) is 5.11 Å². The van der Waals surface area contributed by atoms with E-state index in [0.717, 1.165) is 41.6 Å². The summed E-state index contributed by atoms with van der Waals surface area (Å²) in [6, 6.07) is 38.8. The number of nitrogens with one attached hydrogen (secondary N) is 1. The van der Waals surface area contributed by atoms with Gasteiger partial charge in [-0.1, -0.05) is 91.0 Å².